The highest BCUT2D eigenvalue weighted by Gasteiger charge is 2.11. The average molecular weight is 339 g/mol. The van der Waals surface area contributed by atoms with Gasteiger partial charge in [-0.25, -0.2) is 4.39 Å². The van der Waals surface area contributed by atoms with Crippen LogP contribution in [0.3, 0.4) is 0 Å². The molecule has 0 spiro atoms. The Morgan fingerprint density at radius 1 is 1.14 bits per heavy atom. The fourth-order valence-electron chi connectivity index (χ4n) is 1.79. The highest BCUT2D eigenvalue weighted by molar-refractivity contribution is 6.32. The summed E-state index contributed by atoms with van der Waals surface area (Å²) in [5.74, 6) is 0.589. The van der Waals surface area contributed by atoms with Crippen LogP contribution in [0.2, 0.25) is 10.0 Å². The Kier molecular flexibility index (Phi) is 4.27. The summed E-state index contributed by atoms with van der Waals surface area (Å²) in [6, 6.07) is 11.0. The molecule has 0 amide bonds. The van der Waals surface area contributed by atoms with Crippen molar-refractivity contribution in [1.29, 1.82) is 0 Å². The van der Waals surface area contributed by atoms with Gasteiger partial charge in [0, 0.05) is 10.6 Å². The molecule has 0 unspecified atom stereocenters. The molecule has 7 heteroatoms. The number of aromatic nitrogens is 2. The maximum absolute atomic E-state index is 12.9. The Labute approximate surface area is 135 Å². The van der Waals surface area contributed by atoms with E-state index in [4.69, 9.17) is 32.5 Å². The van der Waals surface area contributed by atoms with E-state index < -0.39 is 5.82 Å². The zero-order valence-corrected chi connectivity index (χ0v) is 12.6. The summed E-state index contributed by atoms with van der Waals surface area (Å²) in [5.41, 5.74) is 0.738. The van der Waals surface area contributed by atoms with E-state index in [-0.39, 0.29) is 17.5 Å². The fraction of sp³-hybridized carbons (Fsp3) is 0.0667. The van der Waals surface area contributed by atoms with Gasteiger partial charge in [-0.1, -0.05) is 40.5 Å². The number of hydrogen-bond acceptors (Lipinski definition) is 4. The summed E-state index contributed by atoms with van der Waals surface area (Å²) < 4.78 is 23.5. The first kappa shape index (κ1) is 14.8. The topological polar surface area (TPSA) is 48.2 Å². The van der Waals surface area contributed by atoms with Crippen LogP contribution < -0.4 is 4.74 Å². The van der Waals surface area contributed by atoms with Gasteiger partial charge in [-0.3, -0.25) is 0 Å². The molecule has 0 fully saturated rings. The van der Waals surface area contributed by atoms with Gasteiger partial charge in [-0.05, 0) is 30.3 Å². The fourth-order valence-corrected chi connectivity index (χ4v) is 2.20. The van der Waals surface area contributed by atoms with Crippen molar-refractivity contribution in [3.8, 4) is 17.1 Å². The zero-order valence-electron chi connectivity index (χ0n) is 11.1. The molecule has 4 nitrogen and oxygen atoms in total. The highest BCUT2D eigenvalue weighted by Crippen LogP contribution is 2.26. The van der Waals surface area contributed by atoms with E-state index in [9.17, 15) is 4.39 Å². The maximum atomic E-state index is 12.9. The second-order valence-electron chi connectivity index (χ2n) is 4.39. The van der Waals surface area contributed by atoms with Gasteiger partial charge in [-0.2, -0.15) is 4.98 Å². The summed E-state index contributed by atoms with van der Waals surface area (Å²) in [4.78, 5) is 4.21. The quantitative estimate of drug-likeness (QED) is 0.687. The van der Waals surface area contributed by atoms with Gasteiger partial charge in [0.25, 0.3) is 5.89 Å². The van der Waals surface area contributed by atoms with Crippen LogP contribution in [0.5, 0.6) is 5.75 Å². The Morgan fingerprint density at radius 2 is 2.00 bits per heavy atom. The zero-order chi connectivity index (χ0) is 15.5. The lowest BCUT2D eigenvalue weighted by molar-refractivity contribution is 0.243. The van der Waals surface area contributed by atoms with E-state index in [0.717, 1.165) is 5.56 Å². The van der Waals surface area contributed by atoms with Gasteiger partial charge in [0.1, 0.15) is 11.6 Å². The molecular formula is C15H9Cl2FN2O2. The molecule has 0 radical (unpaired) electrons. The number of hydrogen-bond donors (Lipinski definition) is 0. The first-order chi connectivity index (χ1) is 10.6. The number of ether oxygens (including phenoxy) is 1. The van der Waals surface area contributed by atoms with Gasteiger partial charge in [0.05, 0.1) is 5.02 Å². The monoisotopic (exact) mass is 338 g/mol. The maximum Gasteiger partial charge on any atom is 0.264 e. The molecule has 3 rings (SSSR count). The lowest BCUT2D eigenvalue weighted by Gasteiger charge is -2.04. The molecule has 0 saturated carbocycles. The number of benzene rings is 2. The summed E-state index contributed by atoms with van der Waals surface area (Å²) in [7, 11) is 0. The van der Waals surface area contributed by atoms with E-state index in [1.165, 1.54) is 18.2 Å². The molecular weight excluding hydrogens is 330 g/mol. The Morgan fingerprint density at radius 3 is 2.77 bits per heavy atom. The molecule has 1 heterocycles. The molecule has 0 N–H and O–H groups in total. The van der Waals surface area contributed by atoms with Crippen molar-refractivity contribution in [3.63, 3.8) is 0 Å². The van der Waals surface area contributed by atoms with Crippen LogP contribution >= 0.6 is 23.2 Å². The van der Waals surface area contributed by atoms with Crippen molar-refractivity contribution in [3.05, 3.63) is 64.2 Å². The van der Waals surface area contributed by atoms with E-state index in [1.54, 1.807) is 18.2 Å². The SMILES string of the molecule is Fc1ccc(OCc2nc(-c3cccc(Cl)c3)no2)c(Cl)c1. The average Bonchev–Trinajstić information content (AvgIpc) is 2.95. The third-order valence-electron chi connectivity index (χ3n) is 2.80. The summed E-state index contributed by atoms with van der Waals surface area (Å²) in [6.45, 7) is 0.0267. The molecule has 0 atom stereocenters. The van der Waals surface area contributed by atoms with Gasteiger partial charge >= 0.3 is 0 Å². The van der Waals surface area contributed by atoms with Crippen molar-refractivity contribution < 1.29 is 13.7 Å². The lowest BCUT2D eigenvalue weighted by Crippen LogP contribution is -1.96. The minimum atomic E-state index is -0.432. The summed E-state index contributed by atoms with van der Waals surface area (Å²) in [5, 5.41) is 4.62. The van der Waals surface area contributed by atoms with Crippen molar-refractivity contribution >= 4 is 23.2 Å². The van der Waals surface area contributed by atoms with Crippen LogP contribution in [-0.2, 0) is 6.61 Å². The van der Waals surface area contributed by atoms with Crippen molar-refractivity contribution in [2.45, 2.75) is 6.61 Å². The Balaban J connectivity index is 1.72. The largest absolute Gasteiger partial charge is 0.482 e. The molecule has 2 aromatic carbocycles. The summed E-state index contributed by atoms with van der Waals surface area (Å²) in [6.07, 6.45) is 0. The molecule has 112 valence electrons. The molecule has 0 aliphatic heterocycles. The highest BCUT2D eigenvalue weighted by atomic mass is 35.5. The summed E-state index contributed by atoms with van der Waals surface area (Å²) >= 11 is 11.8. The minimum Gasteiger partial charge on any atom is -0.482 e. The Bertz CT molecular complexity index is 808. The molecule has 3 aromatic rings. The third kappa shape index (κ3) is 3.37. The van der Waals surface area contributed by atoms with E-state index in [1.807, 2.05) is 6.07 Å². The smallest absolute Gasteiger partial charge is 0.264 e. The number of rotatable bonds is 4. The molecule has 1 aromatic heterocycles. The first-order valence-corrected chi connectivity index (χ1v) is 7.04. The number of nitrogens with zero attached hydrogens (tertiary/aromatic N) is 2. The van der Waals surface area contributed by atoms with Crippen LogP contribution in [0.25, 0.3) is 11.4 Å². The predicted molar refractivity (Wildman–Crippen MR) is 80.5 cm³/mol. The van der Waals surface area contributed by atoms with E-state index in [0.29, 0.717) is 16.6 Å². The van der Waals surface area contributed by atoms with Gasteiger partial charge in [0.15, 0.2) is 6.61 Å². The molecule has 0 aliphatic rings. The third-order valence-corrected chi connectivity index (χ3v) is 3.33. The first-order valence-electron chi connectivity index (χ1n) is 6.28. The van der Waals surface area contributed by atoms with Gasteiger partial charge in [0.2, 0.25) is 5.82 Å². The number of halogens is 3. The Hall–Kier alpha value is -2.11. The second kappa shape index (κ2) is 6.34. The van der Waals surface area contributed by atoms with Crippen LogP contribution in [0, 0.1) is 5.82 Å². The van der Waals surface area contributed by atoms with E-state index in [2.05, 4.69) is 10.1 Å². The normalized spacial score (nSPS) is 10.7. The predicted octanol–water partition coefficient (Wildman–Crippen LogP) is 4.76. The van der Waals surface area contributed by atoms with Crippen molar-refractivity contribution in [2.24, 2.45) is 0 Å². The molecule has 0 saturated heterocycles. The minimum absolute atomic E-state index is 0.0267. The van der Waals surface area contributed by atoms with Crippen LogP contribution in [-0.4, -0.2) is 10.1 Å². The van der Waals surface area contributed by atoms with Crippen LogP contribution in [0.1, 0.15) is 5.89 Å². The standard InChI is InChI=1S/C15H9Cl2FN2O2/c16-10-3-1-2-9(6-10)15-19-14(22-20-15)8-21-13-5-4-11(18)7-12(13)17/h1-7H,8H2. The molecule has 0 aliphatic carbocycles. The second-order valence-corrected chi connectivity index (χ2v) is 5.23. The van der Waals surface area contributed by atoms with Gasteiger partial charge < -0.3 is 9.26 Å². The van der Waals surface area contributed by atoms with Crippen molar-refractivity contribution in [1.82, 2.24) is 10.1 Å². The van der Waals surface area contributed by atoms with E-state index >= 15 is 0 Å². The van der Waals surface area contributed by atoms with Crippen molar-refractivity contribution in [2.75, 3.05) is 0 Å². The molecule has 22 heavy (non-hydrogen) atoms. The van der Waals surface area contributed by atoms with Crippen LogP contribution in [0.4, 0.5) is 4.39 Å². The van der Waals surface area contributed by atoms with Crippen LogP contribution in [0.15, 0.2) is 47.0 Å². The molecule has 0 bridgehead atoms. The van der Waals surface area contributed by atoms with Gasteiger partial charge in [-0.15, -0.1) is 0 Å². The lowest BCUT2D eigenvalue weighted by atomic mass is 10.2.